The molecule has 5 nitrogen and oxygen atoms in total. The third-order valence-electron chi connectivity index (χ3n) is 5.94. The van der Waals surface area contributed by atoms with Gasteiger partial charge in [-0.2, -0.15) is 0 Å². The van der Waals surface area contributed by atoms with Crippen LogP contribution in [0.1, 0.15) is 40.4 Å². The van der Waals surface area contributed by atoms with E-state index in [4.69, 9.17) is 33.0 Å². The molecule has 1 heterocycles. The Morgan fingerprint density at radius 2 is 1.89 bits per heavy atom. The summed E-state index contributed by atoms with van der Waals surface area (Å²) in [5, 5.41) is 9.77. The predicted octanol–water partition coefficient (Wildman–Crippen LogP) is 6.19. The van der Waals surface area contributed by atoms with Gasteiger partial charge in [-0.3, -0.25) is 9.59 Å². The van der Waals surface area contributed by atoms with Gasteiger partial charge in [0.2, 0.25) is 0 Å². The maximum absolute atomic E-state index is 13.9. The van der Waals surface area contributed by atoms with Crippen molar-refractivity contribution in [2.75, 3.05) is 6.54 Å². The van der Waals surface area contributed by atoms with Gasteiger partial charge in [-0.05, 0) is 66.1 Å². The van der Waals surface area contributed by atoms with Gasteiger partial charge in [0.15, 0.2) is 0 Å². The Labute approximate surface area is 213 Å². The summed E-state index contributed by atoms with van der Waals surface area (Å²) in [5.74, 6) is -1.06. The fraction of sp³-hybridized carbons (Fsp3) is 0.259. The smallest absolute Gasteiger partial charge is 0.305 e. The molecule has 4 rings (SSSR count). The van der Waals surface area contributed by atoms with E-state index in [-0.39, 0.29) is 30.4 Å². The first-order chi connectivity index (χ1) is 16.6. The van der Waals surface area contributed by atoms with Crippen LogP contribution >= 0.6 is 23.2 Å². The van der Waals surface area contributed by atoms with Crippen molar-refractivity contribution >= 4 is 35.1 Å². The number of hydrogen-bond acceptors (Lipinski definition) is 3. The van der Waals surface area contributed by atoms with Crippen LogP contribution < -0.4 is 4.74 Å². The number of aliphatic carboxylic acids is 1. The normalized spacial score (nSPS) is 16.5. The molecular weight excluding hydrogens is 492 g/mol. The molecule has 8 heteroatoms. The van der Waals surface area contributed by atoms with Crippen molar-refractivity contribution in [3.8, 4) is 5.75 Å². The molecule has 1 atom stereocenters. The summed E-state index contributed by atoms with van der Waals surface area (Å²) >= 11 is 11.9. The second kappa shape index (κ2) is 10.3. The van der Waals surface area contributed by atoms with Crippen molar-refractivity contribution in [1.82, 2.24) is 4.90 Å². The number of halogens is 3. The maximum atomic E-state index is 13.9. The lowest BCUT2D eigenvalue weighted by atomic mass is 9.91. The molecule has 0 aromatic heterocycles. The van der Waals surface area contributed by atoms with Gasteiger partial charge in [-0.25, -0.2) is 4.39 Å². The van der Waals surface area contributed by atoms with Crippen molar-refractivity contribution in [2.24, 2.45) is 0 Å². The molecule has 1 aliphatic rings. The Balaban J connectivity index is 1.53. The fourth-order valence-corrected chi connectivity index (χ4v) is 4.69. The third kappa shape index (κ3) is 6.13. The van der Waals surface area contributed by atoms with Crippen LogP contribution in [0.15, 0.2) is 60.7 Å². The van der Waals surface area contributed by atoms with Gasteiger partial charge >= 0.3 is 5.97 Å². The van der Waals surface area contributed by atoms with Crippen LogP contribution in [0.2, 0.25) is 10.0 Å². The molecule has 0 bridgehead atoms. The number of carboxylic acids is 1. The molecule has 0 saturated heterocycles. The number of carbonyl (C=O) groups excluding carboxylic acids is 1. The predicted molar refractivity (Wildman–Crippen MR) is 133 cm³/mol. The van der Waals surface area contributed by atoms with E-state index >= 15 is 0 Å². The monoisotopic (exact) mass is 515 g/mol. The van der Waals surface area contributed by atoms with E-state index in [0.717, 1.165) is 16.7 Å². The highest BCUT2D eigenvalue weighted by Crippen LogP contribution is 2.38. The summed E-state index contributed by atoms with van der Waals surface area (Å²) in [6.45, 7) is 2.24. The van der Waals surface area contributed by atoms with E-state index in [1.807, 2.05) is 13.0 Å². The lowest BCUT2D eigenvalue weighted by Gasteiger charge is -2.24. The van der Waals surface area contributed by atoms with E-state index in [2.05, 4.69) is 0 Å². The van der Waals surface area contributed by atoms with Crippen LogP contribution in [-0.4, -0.2) is 34.0 Å². The first kappa shape index (κ1) is 25.0. The molecular formula is C27H24Cl2FNO4. The molecule has 0 aliphatic carbocycles. The standard InChI is InChI=1S/C27H24Cl2FNO4/c1-27(14-17-5-7-22(29)23(30)12-17)15-20-13-19(6-8-24(20)35-27)26(34)31(10-9-25(32)33)16-18-3-2-4-21(28)11-18/h2-8,11-13H,9-10,14-16H2,1H3,(H,32,33). The average Bonchev–Trinajstić information content (AvgIpc) is 3.13. The molecule has 0 spiro atoms. The SMILES string of the molecule is CC1(Cc2ccc(Cl)c(F)c2)Cc2cc(C(=O)N(CCC(=O)O)Cc3cccc(Cl)c3)ccc2O1. The minimum atomic E-state index is -0.981. The van der Waals surface area contributed by atoms with Gasteiger partial charge in [-0.1, -0.05) is 41.4 Å². The lowest BCUT2D eigenvalue weighted by Crippen LogP contribution is -2.33. The zero-order chi connectivity index (χ0) is 25.2. The Hall–Kier alpha value is -3.09. The quantitative estimate of drug-likeness (QED) is 0.388. The Morgan fingerprint density at radius 1 is 1.09 bits per heavy atom. The highest BCUT2D eigenvalue weighted by atomic mass is 35.5. The summed E-state index contributed by atoms with van der Waals surface area (Å²) < 4.78 is 20.1. The van der Waals surface area contributed by atoms with Gasteiger partial charge < -0.3 is 14.7 Å². The number of nitrogens with zero attached hydrogens (tertiary/aromatic N) is 1. The minimum Gasteiger partial charge on any atom is -0.487 e. The van der Waals surface area contributed by atoms with Crippen LogP contribution in [0.3, 0.4) is 0 Å². The van der Waals surface area contributed by atoms with Crippen LogP contribution in [0.25, 0.3) is 0 Å². The van der Waals surface area contributed by atoms with Crippen molar-refractivity contribution in [2.45, 2.75) is 38.3 Å². The highest BCUT2D eigenvalue weighted by Gasteiger charge is 2.35. The molecule has 3 aromatic carbocycles. The Bertz CT molecular complexity index is 1280. The number of ether oxygens (including phenoxy) is 1. The van der Waals surface area contributed by atoms with E-state index in [1.165, 1.54) is 17.0 Å². The molecule has 182 valence electrons. The number of benzene rings is 3. The number of rotatable bonds is 8. The molecule has 1 aliphatic heterocycles. The highest BCUT2D eigenvalue weighted by molar-refractivity contribution is 6.31. The summed E-state index contributed by atoms with van der Waals surface area (Å²) in [4.78, 5) is 26.1. The number of amides is 1. The molecule has 3 aromatic rings. The Morgan fingerprint density at radius 3 is 2.60 bits per heavy atom. The van der Waals surface area contributed by atoms with Crippen LogP contribution in [0.5, 0.6) is 5.75 Å². The molecule has 35 heavy (non-hydrogen) atoms. The summed E-state index contributed by atoms with van der Waals surface area (Å²) in [7, 11) is 0. The number of carboxylic acid groups (broad SMARTS) is 1. The molecule has 1 unspecified atom stereocenters. The summed E-state index contributed by atoms with van der Waals surface area (Å²) in [6.07, 6.45) is 0.839. The number of carbonyl (C=O) groups is 2. The van der Waals surface area contributed by atoms with Gasteiger partial charge in [0.1, 0.15) is 17.2 Å². The molecule has 0 radical (unpaired) electrons. The number of fused-ring (bicyclic) bond motifs is 1. The third-order valence-corrected chi connectivity index (χ3v) is 6.48. The van der Waals surface area contributed by atoms with Gasteiger partial charge in [-0.15, -0.1) is 0 Å². The molecule has 0 saturated carbocycles. The maximum Gasteiger partial charge on any atom is 0.305 e. The van der Waals surface area contributed by atoms with Crippen LogP contribution in [0.4, 0.5) is 4.39 Å². The molecule has 1 N–H and O–H groups in total. The van der Waals surface area contributed by atoms with E-state index in [1.54, 1.807) is 42.5 Å². The van der Waals surface area contributed by atoms with E-state index in [0.29, 0.717) is 29.2 Å². The largest absolute Gasteiger partial charge is 0.487 e. The van der Waals surface area contributed by atoms with Crippen LogP contribution in [0, 0.1) is 5.82 Å². The van der Waals surface area contributed by atoms with E-state index in [9.17, 15) is 14.0 Å². The van der Waals surface area contributed by atoms with Gasteiger partial charge in [0.05, 0.1) is 11.4 Å². The summed E-state index contributed by atoms with van der Waals surface area (Å²) in [6, 6.07) is 17.1. The second-order valence-electron chi connectivity index (χ2n) is 8.98. The second-order valence-corrected chi connectivity index (χ2v) is 9.82. The zero-order valence-electron chi connectivity index (χ0n) is 19.1. The topological polar surface area (TPSA) is 66.8 Å². The van der Waals surface area contributed by atoms with Crippen molar-refractivity contribution in [3.63, 3.8) is 0 Å². The zero-order valence-corrected chi connectivity index (χ0v) is 20.6. The van der Waals surface area contributed by atoms with Crippen molar-refractivity contribution in [3.05, 3.63) is 98.8 Å². The summed E-state index contributed by atoms with van der Waals surface area (Å²) in [5.41, 5.74) is 2.28. The first-order valence-corrected chi connectivity index (χ1v) is 11.9. The molecule has 1 amide bonds. The Kier molecular flexibility index (Phi) is 7.33. The van der Waals surface area contributed by atoms with Crippen molar-refractivity contribution in [1.29, 1.82) is 0 Å². The van der Waals surface area contributed by atoms with Crippen molar-refractivity contribution < 1.29 is 23.8 Å². The number of hydrogen-bond donors (Lipinski definition) is 1. The molecule has 0 fully saturated rings. The van der Waals surface area contributed by atoms with Crippen LogP contribution in [-0.2, 0) is 24.2 Å². The van der Waals surface area contributed by atoms with Gasteiger partial charge in [0, 0.05) is 36.5 Å². The first-order valence-electron chi connectivity index (χ1n) is 11.1. The average molecular weight is 516 g/mol. The fourth-order valence-electron chi connectivity index (χ4n) is 4.36. The van der Waals surface area contributed by atoms with Gasteiger partial charge in [0.25, 0.3) is 5.91 Å². The lowest BCUT2D eigenvalue weighted by molar-refractivity contribution is -0.137. The minimum absolute atomic E-state index is 0.0636. The van der Waals surface area contributed by atoms with E-state index < -0.39 is 17.4 Å².